The quantitative estimate of drug-likeness (QED) is 0.715. The molecule has 0 amide bonds. The number of hydrogen-bond acceptors (Lipinski definition) is 3. The van der Waals surface area contributed by atoms with Crippen LogP contribution in [0.2, 0.25) is 9.36 Å². The third-order valence-electron chi connectivity index (χ3n) is 3.88. The molecule has 0 bridgehead atoms. The van der Waals surface area contributed by atoms with Crippen molar-refractivity contribution in [3.8, 4) is 0 Å². The van der Waals surface area contributed by atoms with E-state index in [1.165, 1.54) is 0 Å². The van der Waals surface area contributed by atoms with Crippen molar-refractivity contribution in [3.63, 3.8) is 0 Å². The van der Waals surface area contributed by atoms with E-state index in [0.717, 1.165) is 0 Å². The van der Waals surface area contributed by atoms with Gasteiger partial charge in [0.25, 0.3) is 0 Å². The molecule has 0 spiro atoms. The molecule has 4 heteroatoms. The third kappa shape index (κ3) is 1.67. The summed E-state index contributed by atoms with van der Waals surface area (Å²) in [5.41, 5.74) is 0. The zero-order valence-electron chi connectivity index (χ0n) is 9.84. The molecule has 0 atom stereocenters. The first-order valence-electron chi connectivity index (χ1n) is 4.35. The van der Waals surface area contributed by atoms with Crippen LogP contribution in [-0.2, 0) is 19.4 Å². The van der Waals surface area contributed by atoms with Crippen LogP contribution >= 0.6 is 0 Å². The van der Waals surface area contributed by atoms with E-state index < -0.39 is 19.4 Å². The van der Waals surface area contributed by atoms with Crippen molar-refractivity contribution in [2.45, 2.75) is 9.36 Å². The van der Waals surface area contributed by atoms with Gasteiger partial charge >= 0.3 is 79.7 Å². The summed E-state index contributed by atoms with van der Waals surface area (Å²) in [6.45, 7) is 0. The summed E-state index contributed by atoms with van der Waals surface area (Å²) in [4.78, 5) is 0. The van der Waals surface area contributed by atoms with Crippen LogP contribution in [-0.4, -0.2) is 50.9 Å². The molecule has 0 saturated carbocycles. The van der Waals surface area contributed by atoms with Crippen LogP contribution in [0.25, 0.3) is 0 Å². The van der Waals surface area contributed by atoms with Gasteiger partial charge in [-0.3, -0.25) is 0 Å². The van der Waals surface area contributed by atoms with E-state index in [1.807, 2.05) is 0 Å². The molecule has 12 heavy (non-hydrogen) atoms. The van der Waals surface area contributed by atoms with Gasteiger partial charge in [-0.2, -0.15) is 0 Å². The molecule has 0 aromatic heterocycles. The molecular weight excluding hydrogens is 317 g/mol. The molecule has 0 aromatic rings. The second kappa shape index (κ2) is 3.48. The zero-order valence-corrected chi connectivity index (χ0v) is 13.4. The van der Waals surface area contributed by atoms with Crippen LogP contribution in [0.3, 0.4) is 0 Å². The molecule has 0 aliphatic heterocycles. The Bertz CT molecular complexity index is 135. The van der Waals surface area contributed by atoms with Gasteiger partial charge in [-0.05, 0) is 0 Å². The molecule has 3 nitrogen and oxygen atoms in total. The fraction of sp³-hybridized carbons (Fsp3) is 1.00. The number of rotatable bonds is 3. The van der Waals surface area contributed by atoms with Crippen LogP contribution in [0.5, 0.6) is 0 Å². The summed E-state index contributed by atoms with van der Waals surface area (Å²) in [6.07, 6.45) is 0. The predicted molar refractivity (Wildman–Crippen MR) is 52.8 cm³/mol. The van der Waals surface area contributed by atoms with E-state index in [0.29, 0.717) is 0 Å². The summed E-state index contributed by atoms with van der Waals surface area (Å²) in [7, 11) is 13.1. The van der Waals surface area contributed by atoms with Gasteiger partial charge < -0.3 is 0 Å². The summed E-state index contributed by atoms with van der Waals surface area (Å²) >= 11 is -2.99. The predicted octanol–water partition coefficient (Wildman–Crippen LogP) is 1.20. The molecule has 0 rings (SSSR count). The molecule has 0 saturated heterocycles. The average Bonchev–Trinajstić information content (AvgIpc) is 1.86. The average molecular weight is 341 g/mol. The molecule has 0 unspecified atom stereocenters. The fourth-order valence-electron chi connectivity index (χ4n) is 1.20. The first-order valence-corrected chi connectivity index (χ1v) is 16.4. The van der Waals surface area contributed by atoms with Crippen LogP contribution in [0, 0.1) is 0 Å². The van der Waals surface area contributed by atoms with Gasteiger partial charge in [-0.1, -0.05) is 0 Å². The second-order valence-corrected chi connectivity index (χ2v) is 29.9. The normalized spacial score (nSPS) is 17.1. The monoisotopic (exact) mass is 342 g/mol. The summed E-state index contributed by atoms with van der Waals surface area (Å²) in [6, 6.07) is 0. The molecule has 0 aliphatic carbocycles. The Kier molecular flexibility index (Phi) is 3.70. The molecule has 0 N–H and O–H groups in total. The van der Waals surface area contributed by atoms with Gasteiger partial charge in [0, 0.05) is 0 Å². The summed E-state index contributed by atoms with van der Waals surface area (Å²) < 4.78 is 12.1. The molecule has 0 radical (unpaired) electrons. The number of nitrogens with zero attached hydrogens (tertiary/aromatic N) is 3. The topological polar surface area (TPSA) is 9.72 Å². The van der Waals surface area contributed by atoms with Crippen LogP contribution in [0.4, 0.5) is 0 Å². The molecule has 0 aromatic carbocycles. The Morgan fingerprint density at radius 3 is 0.750 bits per heavy atom. The van der Waals surface area contributed by atoms with Crippen molar-refractivity contribution in [2.24, 2.45) is 0 Å². The van der Waals surface area contributed by atoms with E-state index in [4.69, 9.17) is 0 Å². The van der Waals surface area contributed by atoms with Crippen LogP contribution in [0.1, 0.15) is 0 Å². The standard InChI is InChI=1S/3C2H6N.2CH3.Hf/c3*1-3-2;;;/h3*1-2H3;2*1H3;/q3*-1;;;+3. The van der Waals surface area contributed by atoms with E-state index in [9.17, 15) is 0 Å². The second-order valence-electron chi connectivity index (χ2n) is 4.82. The molecule has 75 valence electrons. The third-order valence-corrected chi connectivity index (χ3v) is 31.8. The summed E-state index contributed by atoms with van der Waals surface area (Å²) in [5.74, 6) is 0. The van der Waals surface area contributed by atoms with Crippen molar-refractivity contribution in [1.82, 2.24) is 8.66 Å². The minimum atomic E-state index is -2.99. The van der Waals surface area contributed by atoms with E-state index in [1.54, 1.807) is 0 Å². The van der Waals surface area contributed by atoms with E-state index in [2.05, 4.69) is 60.3 Å². The van der Waals surface area contributed by atoms with Gasteiger partial charge in [0.1, 0.15) is 0 Å². The van der Waals surface area contributed by atoms with Gasteiger partial charge in [-0.25, -0.2) is 0 Å². The Labute approximate surface area is 79.6 Å². The molecule has 0 heterocycles. The van der Waals surface area contributed by atoms with Crippen molar-refractivity contribution >= 4 is 0 Å². The van der Waals surface area contributed by atoms with Crippen molar-refractivity contribution < 1.29 is 19.4 Å². The molecule has 0 fully saturated rings. The van der Waals surface area contributed by atoms with E-state index in [-0.39, 0.29) is 0 Å². The van der Waals surface area contributed by atoms with Crippen molar-refractivity contribution in [1.29, 1.82) is 0 Å². The first-order chi connectivity index (χ1) is 5.13. The minimum absolute atomic E-state index is 2.19. The Morgan fingerprint density at radius 1 is 0.583 bits per heavy atom. The van der Waals surface area contributed by atoms with E-state index >= 15 is 0 Å². The Balaban J connectivity index is 5.09. The van der Waals surface area contributed by atoms with Crippen LogP contribution < -0.4 is 0 Å². The maximum absolute atomic E-state index is 2.99. The van der Waals surface area contributed by atoms with Gasteiger partial charge in [0.05, 0.1) is 0 Å². The molecular formula is C8H24HfN3. The zero-order chi connectivity index (χ0) is 10.2. The fourth-order valence-corrected chi connectivity index (χ4v) is 9.82. The van der Waals surface area contributed by atoms with Crippen LogP contribution in [0.15, 0.2) is 0 Å². The van der Waals surface area contributed by atoms with Gasteiger partial charge in [0.2, 0.25) is 0 Å². The number of hydrogen-bond donors (Lipinski definition) is 0. The Morgan fingerprint density at radius 2 is 0.750 bits per heavy atom. The maximum atomic E-state index is 2.43. The van der Waals surface area contributed by atoms with Gasteiger partial charge in [0.15, 0.2) is 0 Å². The Hall–Kier alpha value is 0.750. The van der Waals surface area contributed by atoms with Crippen molar-refractivity contribution in [2.75, 3.05) is 42.3 Å². The summed E-state index contributed by atoms with van der Waals surface area (Å²) in [5, 5.41) is 0. The molecule has 0 aliphatic rings. The van der Waals surface area contributed by atoms with Gasteiger partial charge in [-0.15, -0.1) is 0 Å². The van der Waals surface area contributed by atoms with Crippen molar-refractivity contribution in [3.05, 3.63) is 0 Å². The SMILES string of the molecule is C[N](C)[Hf]([CH3])([CH3])([N](C)C)[N](C)C. The first kappa shape index (κ1) is 12.8.